The van der Waals surface area contributed by atoms with Gasteiger partial charge in [0.2, 0.25) is 0 Å². The van der Waals surface area contributed by atoms with Gasteiger partial charge in [0.15, 0.2) is 5.13 Å². The van der Waals surface area contributed by atoms with E-state index < -0.39 is 0 Å². The highest BCUT2D eigenvalue weighted by atomic mass is 32.1. The number of thiazole rings is 1. The third-order valence-corrected chi connectivity index (χ3v) is 4.74. The average molecular weight is 297 g/mol. The van der Waals surface area contributed by atoms with E-state index >= 15 is 0 Å². The van der Waals surface area contributed by atoms with Gasteiger partial charge in [0.1, 0.15) is 10.7 Å². The molecule has 1 saturated heterocycles. The van der Waals surface area contributed by atoms with E-state index in [1.165, 1.54) is 11.3 Å². The summed E-state index contributed by atoms with van der Waals surface area (Å²) >= 11 is 1.37. The molecule has 1 aromatic rings. The Hall–Kier alpha value is -1.34. The van der Waals surface area contributed by atoms with Gasteiger partial charge in [-0.15, -0.1) is 0 Å². The smallest absolute Gasteiger partial charge is 0.265 e. The Kier molecular flexibility index (Phi) is 4.82. The minimum Gasteiger partial charge on any atom is -0.382 e. The van der Waals surface area contributed by atoms with Crippen LogP contribution in [0, 0.1) is 0 Å². The van der Waals surface area contributed by atoms with Crippen molar-refractivity contribution in [3.63, 3.8) is 0 Å². The van der Waals surface area contributed by atoms with Crippen LogP contribution in [-0.4, -0.2) is 55.1 Å². The van der Waals surface area contributed by atoms with Gasteiger partial charge in [0.25, 0.3) is 5.91 Å². The molecule has 1 aromatic heterocycles. The molecule has 2 rings (SSSR count). The molecule has 1 unspecified atom stereocenters. The lowest BCUT2D eigenvalue weighted by Gasteiger charge is -2.16. The third kappa shape index (κ3) is 3.21. The zero-order valence-corrected chi connectivity index (χ0v) is 13.2. The van der Waals surface area contributed by atoms with Gasteiger partial charge in [0, 0.05) is 25.7 Å². The molecule has 2 heterocycles. The third-order valence-electron chi connectivity index (χ3n) is 3.61. The van der Waals surface area contributed by atoms with E-state index in [1.807, 2.05) is 0 Å². The molecule has 1 amide bonds. The molecule has 1 fully saturated rings. The highest BCUT2D eigenvalue weighted by Gasteiger charge is 2.24. The maximum atomic E-state index is 12.3. The lowest BCUT2D eigenvalue weighted by molar-refractivity contribution is 0.0943. The summed E-state index contributed by atoms with van der Waals surface area (Å²) in [4.78, 5) is 21.4. The minimum absolute atomic E-state index is 0.0984. The fourth-order valence-corrected chi connectivity index (χ4v) is 3.43. The summed E-state index contributed by atoms with van der Waals surface area (Å²) < 4.78 is 0. The van der Waals surface area contributed by atoms with Crippen molar-refractivity contribution in [1.82, 2.24) is 15.2 Å². The number of likely N-dealkylation sites (N-methyl/N-ethyl adjacent to an activating group) is 1. The minimum atomic E-state index is -0.0984. The summed E-state index contributed by atoms with van der Waals surface area (Å²) in [5.74, 6) is 0.236. The topological polar surface area (TPSA) is 74.5 Å². The largest absolute Gasteiger partial charge is 0.382 e. The van der Waals surface area contributed by atoms with Crippen molar-refractivity contribution in [2.45, 2.75) is 26.3 Å². The van der Waals surface area contributed by atoms with Crippen molar-refractivity contribution in [2.24, 2.45) is 0 Å². The number of nitrogens with one attached hydrogen (secondary N) is 1. The van der Waals surface area contributed by atoms with Crippen LogP contribution in [0.25, 0.3) is 0 Å². The second-order valence-corrected chi connectivity index (χ2v) is 6.08. The summed E-state index contributed by atoms with van der Waals surface area (Å²) in [7, 11) is 2.06. The van der Waals surface area contributed by atoms with E-state index in [-0.39, 0.29) is 11.9 Å². The fraction of sp³-hybridized carbons (Fsp3) is 0.692. The van der Waals surface area contributed by atoms with Crippen LogP contribution in [0.15, 0.2) is 0 Å². The van der Waals surface area contributed by atoms with Crippen LogP contribution in [0.4, 0.5) is 10.9 Å². The molecule has 0 spiro atoms. The predicted octanol–water partition coefficient (Wildman–Crippen LogP) is 1.01. The molecule has 1 aliphatic rings. The first-order valence-electron chi connectivity index (χ1n) is 7.05. The van der Waals surface area contributed by atoms with Gasteiger partial charge in [-0.1, -0.05) is 11.3 Å². The zero-order valence-electron chi connectivity index (χ0n) is 12.3. The van der Waals surface area contributed by atoms with Crippen LogP contribution < -0.4 is 16.0 Å². The van der Waals surface area contributed by atoms with Crippen LogP contribution >= 0.6 is 11.3 Å². The van der Waals surface area contributed by atoms with Gasteiger partial charge in [0.05, 0.1) is 0 Å². The standard InChI is InChI=1S/C13H23N5OS/c1-4-18(5-2)13-16-11(14)10(20-13)12(19)15-9-6-7-17(3)8-9/h9H,4-8,14H2,1-3H3,(H,15,19). The molecule has 0 aliphatic carbocycles. The summed E-state index contributed by atoms with van der Waals surface area (Å²) in [6.07, 6.45) is 0.990. The van der Waals surface area contributed by atoms with Gasteiger partial charge in [-0.3, -0.25) is 4.79 Å². The van der Waals surface area contributed by atoms with Crippen LogP contribution in [0.5, 0.6) is 0 Å². The van der Waals surface area contributed by atoms with Gasteiger partial charge in [-0.05, 0) is 33.9 Å². The number of nitrogens with two attached hydrogens (primary N) is 1. The number of rotatable bonds is 5. The summed E-state index contributed by atoms with van der Waals surface area (Å²) in [6, 6.07) is 0.214. The van der Waals surface area contributed by atoms with E-state index in [4.69, 9.17) is 5.73 Å². The summed E-state index contributed by atoms with van der Waals surface area (Å²) in [6.45, 7) is 7.77. The normalized spacial score (nSPS) is 19.2. The second-order valence-electron chi connectivity index (χ2n) is 5.10. The molecule has 3 N–H and O–H groups in total. The lowest BCUT2D eigenvalue weighted by atomic mass is 10.2. The maximum Gasteiger partial charge on any atom is 0.265 e. The van der Waals surface area contributed by atoms with Crippen LogP contribution in [0.2, 0.25) is 0 Å². The second kappa shape index (κ2) is 6.41. The average Bonchev–Trinajstić information content (AvgIpc) is 2.98. The first kappa shape index (κ1) is 15.1. The molecule has 1 aliphatic heterocycles. The van der Waals surface area contributed by atoms with Crippen LogP contribution in [0.3, 0.4) is 0 Å². The molecule has 0 saturated carbocycles. The van der Waals surface area contributed by atoms with E-state index in [0.717, 1.165) is 37.7 Å². The van der Waals surface area contributed by atoms with Crippen molar-refractivity contribution in [3.05, 3.63) is 4.88 Å². The number of likely N-dealkylation sites (tertiary alicyclic amines) is 1. The number of aromatic nitrogens is 1. The number of carbonyl (C=O) groups excluding carboxylic acids is 1. The van der Waals surface area contributed by atoms with Gasteiger partial charge in [-0.25, -0.2) is 4.98 Å². The highest BCUT2D eigenvalue weighted by Crippen LogP contribution is 2.28. The quantitative estimate of drug-likeness (QED) is 0.848. The Morgan fingerprint density at radius 3 is 2.80 bits per heavy atom. The Morgan fingerprint density at radius 2 is 2.25 bits per heavy atom. The van der Waals surface area contributed by atoms with Gasteiger partial charge >= 0.3 is 0 Å². The maximum absolute atomic E-state index is 12.3. The Labute approximate surface area is 124 Å². The molecule has 0 aromatic carbocycles. The van der Waals surface area contributed by atoms with E-state index in [2.05, 4.69) is 41.0 Å². The molecule has 1 atom stereocenters. The van der Waals surface area contributed by atoms with E-state index in [1.54, 1.807) is 0 Å². The number of amides is 1. The molecule has 0 radical (unpaired) electrons. The number of anilines is 2. The van der Waals surface area contributed by atoms with Crippen LogP contribution in [0.1, 0.15) is 29.9 Å². The number of nitrogen functional groups attached to an aromatic ring is 1. The zero-order chi connectivity index (χ0) is 14.7. The van der Waals surface area contributed by atoms with Crippen molar-refractivity contribution in [1.29, 1.82) is 0 Å². The Morgan fingerprint density at radius 1 is 1.55 bits per heavy atom. The summed E-state index contributed by atoms with van der Waals surface area (Å²) in [5.41, 5.74) is 5.89. The van der Waals surface area contributed by atoms with Gasteiger partial charge in [-0.2, -0.15) is 0 Å². The van der Waals surface area contributed by atoms with Crippen LogP contribution in [-0.2, 0) is 0 Å². The summed E-state index contributed by atoms with van der Waals surface area (Å²) in [5, 5.41) is 3.87. The Balaban J connectivity index is 2.06. The molecular formula is C13H23N5OS. The molecule has 6 nitrogen and oxygen atoms in total. The highest BCUT2D eigenvalue weighted by molar-refractivity contribution is 7.18. The van der Waals surface area contributed by atoms with Crippen molar-refractivity contribution in [3.8, 4) is 0 Å². The van der Waals surface area contributed by atoms with Crippen molar-refractivity contribution >= 4 is 28.2 Å². The number of carbonyl (C=O) groups is 1. The molecule has 7 heteroatoms. The molecule has 0 bridgehead atoms. The van der Waals surface area contributed by atoms with E-state index in [9.17, 15) is 4.79 Å². The van der Waals surface area contributed by atoms with Gasteiger partial charge < -0.3 is 20.9 Å². The SMILES string of the molecule is CCN(CC)c1nc(N)c(C(=O)NC2CCN(C)C2)s1. The van der Waals surface area contributed by atoms with E-state index in [0.29, 0.717) is 10.7 Å². The molecule has 20 heavy (non-hydrogen) atoms. The monoisotopic (exact) mass is 297 g/mol. The van der Waals surface area contributed by atoms with Crippen molar-refractivity contribution in [2.75, 3.05) is 43.9 Å². The first-order chi connectivity index (χ1) is 9.55. The predicted molar refractivity (Wildman–Crippen MR) is 83.5 cm³/mol. The van der Waals surface area contributed by atoms with Crippen molar-refractivity contribution < 1.29 is 4.79 Å². The molecular weight excluding hydrogens is 274 g/mol. The Bertz CT molecular complexity index is 471. The first-order valence-corrected chi connectivity index (χ1v) is 7.87. The molecule has 112 valence electrons. The number of hydrogen-bond donors (Lipinski definition) is 2. The fourth-order valence-electron chi connectivity index (χ4n) is 2.42. The number of nitrogens with zero attached hydrogens (tertiary/aromatic N) is 3. The number of hydrogen-bond acceptors (Lipinski definition) is 6. The lowest BCUT2D eigenvalue weighted by Crippen LogP contribution is -2.36.